The maximum atomic E-state index is 12.7. The molecule has 2 fully saturated rings. The van der Waals surface area contributed by atoms with E-state index >= 15 is 0 Å². The van der Waals surface area contributed by atoms with E-state index in [2.05, 4.69) is 28.6 Å². The summed E-state index contributed by atoms with van der Waals surface area (Å²) < 4.78 is 0. The maximum absolute atomic E-state index is 12.7. The molecule has 0 aliphatic heterocycles. The third-order valence-corrected chi connectivity index (χ3v) is 9.56. The molecule has 176 valence electrons. The van der Waals surface area contributed by atoms with Crippen LogP contribution in [-0.2, 0) is 16.0 Å². The third-order valence-electron chi connectivity index (χ3n) is 8.73. The second-order valence-electron chi connectivity index (χ2n) is 10.5. The molecule has 6 atom stereocenters. The predicted molar refractivity (Wildman–Crippen MR) is 129 cm³/mol. The number of anilines is 1. The van der Waals surface area contributed by atoms with Crippen LogP contribution in [0.15, 0.2) is 24.4 Å². The van der Waals surface area contributed by atoms with Crippen molar-refractivity contribution in [1.82, 2.24) is 10.3 Å². The number of hydrogen-bond acceptors (Lipinski definition) is 5. The molecule has 6 nitrogen and oxygen atoms in total. The van der Waals surface area contributed by atoms with Crippen LogP contribution in [0.4, 0.5) is 5.13 Å². The number of carbonyl (C=O) groups is 2. The highest BCUT2D eigenvalue weighted by Gasteiger charge is 2.58. The Morgan fingerprint density at radius 3 is 2.97 bits per heavy atom. The molecule has 5 unspecified atom stereocenters. The zero-order valence-electron chi connectivity index (χ0n) is 19.3. The van der Waals surface area contributed by atoms with E-state index in [0.717, 1.165) is 49.8 Å². The minimum Gasteiger partial charge on any atom is -0.508 e. The van der Waals surface area contributed by atoms with Gasteiger partial charge in [-0.25, -0.2) is 4.98 Å². The van der Waals surface area contributed by atoms with E-state index in [1.165, 1.54) is 22.5 Å². The van der Waals surface area contributed by atoms with Crippen molar-refractivity contribution in [3.8, 4) is 5.75 Å². The first kappa shape index (κ1) is 22.4. The van der Waals surface area contributed by atoms with Gasteiger partial charge in [0.15, 0.2) is 5.13 Å². The Morgan fingerprint density at radius 2 is 2.21 bits per heavy atom. The van der Waals surface area contributed by atoms with Gasteiger partial charge < -0.3 is 15.7 Å². The highest BCUT2D eigenvalue weighted by Crippen LogP contribution is 2.63. The minimum absolute atomic E-state index is 0.0228. The van der Waals surface area contributed by atoms with Gasteiger partial charge in [-0.3, -0.25) is 9.59 Å². The molecule has 5 rings (SSSR count). The number of rotatable bonds is 6. The third kappa shape index (κ3) is 4.05. The molecule has 1 aromatic carbocycles. The molecular weight excluding hydrogens is 434 g/mol. The van der Waals surface area contributed by atoms with Gasteiger partial charge in [0, 0.05) is 23.5 Å². The molecule has 3 aliphatic rings. The number of phenolic OH excluding ortho intramolecular Hbond substituents is 1. The second kappa shape index (κ2) is 8.75. The summed E-state index contributed by atoms with van der Waals surface area (Å²) in [5, 5.41) is 16.7. The monoisotopic (exact) mass is 467 g/mol. The molecule has 0 bridgehead atoms. The standard InChI is InChI=1S/C26H33N3O3S/c1-15-13-27-25(33-15)29-23(32)8-4-17-12-22(28-14-30)26(2)10-9-20-19-7-5-18(31)11-16(19)3-6-21(20)24(17)26/h5,7,11,13-14,17,20-22,24,31H,3-4,6,8-10,12H2,1-2H3,(H,28,30)(H,27,29,32)/t17-,20?,21?,22?,24?,26?/m1/s1. The Balaban J connectivity index is 1.36. The van der Waals surface area contributed by atoms with Crippen LogP contribution in [0.3, 0.4) is 0 Å². The van der Waals surface area contributed by atoms with Gasteiger partial charge in [-0.2, -0.15) is 0 Å². The number of aryl methyl sites for hydroxylation is 2. The molecular formula is C26H33N3O3S. The van der Waals surface area contributed by atoms with Crippen molar-refractivity contribution < 1.29 is 14.7 Å². The summed E-state index contributed by atoms with van der Waals surface area (Å²) in [6, 6.07) is 6.05. The molecule has 33 heavy (non-hydrogen) atoms. The predicted octanol–water partition coefficient (Wildman–Crippen LogP) is 4.77. The zero-order valence-corrected chi connectivity index (χ0v) is 20.2. The Bertz CT molecular complexity index is 1050. The van der Waals surface area contributed by atoms with Crippen molar-refractivity contribution in [2.75, 3.05) is 5.32 Å². The molecule has 7 heteroatoms. The number of fused-ring (bicyclic) bond motifs is 5. The summed E-state index contributed by atoms with van der Waals surface area (Å²) in [5.41, 5.74) is 2.74. The number of aromatic nitrogens is 1. The number of benzene rings is 1. The second-order valence-corrected chi connectivity index (χ2v) is 11.7. The number of phenols is 1. The lowest BCUT2D eigenvalue weighted by Crippen LogP contribution is -2.49. The normalized spacial score (nSPS) is 32.4. The lowest BCUT2D eigenvalue weighted by Gasteiger charge is -2.52. The summed E-state index contributed by atoms with van der Waals surface area (Å²) in [6.07, 6.45) is 9.17. The number of amides is 2. The van der Waals surface area contributed by atoms with Crippen LogP contribution in [0.5, 0.6) is 5.75 Å². The molecule has 3 aliphatic carbocycles. The van der Waals surface area contributed by atoms with E-state index in [4.69, 9.17) is 0 Å². The van der Waals surface area contributed by atoms with Crippen molar-refractivity contribution >= 4 is 28.8 Å². The van der Waals surface area contributed by atoms with E-state index < -0.39 is 0 Å². The Hall–Kier alpha value is -2.41. The van der Waals surface area contributed by atoms with E-state index in [1.807, 2.05) is 19.1 Å². The summed E-state index contributed by atoms with van der Waals surface area (Å²) in [6.45, 7) is 4.34. The number of thiazole rings is 1. The molecule has 0 saturated heterocycles. The van der Waals surface area contributed by atoms with Gasteiger partial charge in [0.25, 0.3) is 0 Å². The summed E-state index contributed by atoms with van der Waals surface area (Å²) >= 11 is 1.50. The maximum Gasteiger partial charge on any atom is 0.226 e. The molecule has 2 aromatic rings. The number of aromatic hydroxyl groups is 1. The van der Waals surface area contributed by atoms with E-state index in [0.29, 0.717) is 41.0 Å². The summed E-state index contributed by atoms with van der Waals surface area (Å²) in [7, 11) is 0. The molecule has 3 N–H and O–H groups in total. The van der Waals surface area contributed by atoms with Crippen molar-refractivity contribution in [3.63, 3.8) is 0 Å². The molecule has 1 aromatic heterocycles. The van der Waals surface area contributed by atoms with Gasteiger partial charge in [0.1, 0.15) is 5.75 Å². The van der Waals surface area contributed by atoms with Crippen LogP contribution >= 0.6 is 11.3 Å². The largest absolute Gasteiger partial charge is 0.508 e. The molecule has 0 radical (unpaired) electrons. The number of nitrogens with zero attached hydrogens (tertiary/aromatic N) is 1. The number of carbonyl (C=O) groups excluding carboxylic acids is 2. The van der Waals surface area contributed by atoms with Crippen molar-refractivity contribution in [2.45, 2.75) is 70.8 Å². The van der Waals surface area contributed by atoms with Gasteiger partial charge in [-0.05, 0) is 97.8 Å². The smallest absolute Gasteiger partial charge is 0.226 e. The highest BCUT2D eigenvalue weighted by molar-refractivity contribution is 7.15. The first-order valence-electron chi connectivity index (χ1n) is 12.1. The van der Waals surface area contributed by atoms with Crippen LogP contribution in [0.1, 0.15) is 67.4 Å². The first-order chi connectivity index (χ1) is 15.9. The Labute approximate surface area is 199 Å². The SMILES string of the molecule is Cc1cnc(NC(=O)CC[C@@H]2CC(NC=O)C3(C)CCC4c5ccc(O)cc5CCC4C23)s1. The molecule has 0 spiro atoms. The van der Waals surface area contributed by atoms with Gasteiger partial charge in [-0.15, -0.1) is 11.3 Å². The topological polar surface area (TPSA) is 91.3 Å². The fourth-order valence-electron chi connectivity index (χ4n) is 7.41. The molecule has 1 heterocycles. The van der Waals surface area contributed by atoms with Gasteiger partial charge in [-0.1, -0.05) is 13.0 Å². The first-order valence-corrected chi connectivity index (χ1v) is 12.9. The van der Waals surface area contributed by atoms with Gasteiger partial charge in [0.2, 0.25) is 12.3 Å². The van der Waals surface area contributed by atoms with Crippen LogP contribution in [0.2, 0.25) is 0 Å². The van der Waals surface area contributed by atoms with Gasteiger partial charge in [0.05, 0.1) is 0 Å². The highest BCUT2D eigenvalue weighted by atomic mass is 32.1. The Morgan fingerprint density at radius 1 is 1.36 bits per heavy atom. The van der Waals surface area contributed by atoms with Gasteiger partial charge >= 0.3 is 0 Å². The van der Waals surface area contributed by atoms with E-state index in [-0.39, 0.29) is 17.4 Å². The van der Waals surface area contributed by atoms with Crippen LogP contribution in [-0.4, -0.2) is 28.4 Å². The molecule has 2 saturated carbocycles. The lowest BCUT2D eigenvalue weighted by atomic mass is 9.53. The van der Waals surface area contributed by atoms with Crippen molar-refractivity contribution in [1.29, 1.82) is 0 Å². The summed E-state index contributed by atoms with van der Waals surface area (Å²) in [4.78, 5) is 29.4. The van der Waals surface area contributed by atoms with Crippen molar-refractivity contribution in [3.05, 3.63) is 40.4 Å². The van der Waals surface area contributed by atoms with Crippen molar-refractivity contribution in [2.24, 2.45) is 23.2 Å². The fourth-order valence-corrected chi connectivity index (χ4v) is 8.09. The lowest BCUT2D eigenvalue weighted by molar-refractivity contribution is -0.116. The summed E-state index contributed by atoms with van der Waals surface area (Å²) in [5.74, 6) is 2.30. The van der Waals surface area contributed by atoms with Crippen LogP contribution in [0, 0.1) is 30.1 Å². The number of hydrogen-bond donors (Lipinski definition) is 3. The van der Waals surface area contributed by atoms with Crippen LogP contribution in [0.25, 0.3) is 0 Å². The molecule has 2 amide bonds. The van der Waals surface area contributed by atoms with E-state index in [1.54, 1.807) is 6.20 Å². The number of nitrogens with one attached hydrogen (secondary N) is 2. The average molecular weight is 468 g/mol. The van der Waals surface area contributed by atoms with Crippen LogP contribution < -0.4 is 10.6 Å². The Kier molecular flexibility index (Phi) is 5.93. The fraction of sp³-hybridized carbons (Fsp3) is 0.577. The average Bonchev–Trinajstić information content (AvgIpc) is 3.32. The zero-order chi connectivity index (χ0) is 23.2. The van der Waals surface area contributed by atoms with E-state index in [9.17, 15) is 14.7 Å². The quantitative estimate of drug-likeness (QED) is 0.534. The minimum atomic E-state index is 0.0228.